The average Bonchev–Trinajstić information content (AvgIpc) is 2.26. The molecule has 0 radical (unpaired) electrons. The fraction of sp³-hybridized carbons (Fsp3) is 0.714. The molecule has 0 spiro atoms. The molecule has 1 N–H and O–H groups in total. The second-order valence-electron chi connectivity index (χ2n) is 4.45. The number of aliphatic hydroxyl groups is 1. The van der Waals surface area contributed by atoms with Crippen molar-refractivity contribution in [2.24, 2.45) is 0 Å². The number of hydrogen-bond acceptors (Lipinski definition) is 1. The first-order valence-corrected chi connectivity index (χ1v) is 6.39. The van der Waals surface area contributed by atoms with Crippen LogP contribution < -0.4 is 0 Å². The van der Waals surface area contributed by atoms with Crippen LogP contribution in [0.4, 0.5) is 0 Å². The van der Waals surface area contributed by atoms with E-state index in [1.54, 1.807) is 5.57 Å². The summed E-state index contributed by atoms with van der Waals surface area (Å²) in [7, 11) is 0. The molecule has 15 heavy (non-hydrogen) atoms. The smallest absolute Gasteiger partial charge is 0.0882 e. The van der Waals surface area contributed by atoms with E-state index in [1.165, 1.54) is 38.5 Å². The first kappa shape index (κ1) is 12.4. The standard InChI is InChI=1S/C14H24O/c1-2-8-14(15)12-7-6-11-13-9-4-3-5-10-13/h9,12,15H,2-8,10-11H2,1H3/b14-12+. The van der Waals surface area contributed by atoms with Gasteiger partial charge in [0, 0.05) is 6.42 Å². The van der Waals surface area contributed by atoms with Gasteiger partial charge in [-0.1, -0.05) is 18.6 Å². The zero-order valence-corrected chi connectivity index (χ0v) is 9.97. The van der Waals surface area contributed by atoms with Gasteiger partial charge in [-0.2, -0.15) is 0 Å². The molecule has 0 aromatic rings. The van der Waals surface area contributed by atoms with E-state index in [2.05, 4.69) is 13.0 Å². The van der Waals surface area contributed by atoms with Crippen LogP contribution in [-0.4, -0.2) is 5.11 Å². The molecule has 0 fully saturated rings. The molecular weight excluding hydrogens is 184 g/mol. The second-order valence-corrected chi connectivity index (χ2v) is 4.45. The number of aliphatic hydroxyl groups excluding tert-OH is 1. The highest BCUT2D eigenvalue weighted by molar-refractivity contribution is 5.05. The Hall–Kier alpha value is -0.720. The Morgan fingerprint density at radius 3 is 3.00 bits per heavy atom. The van der Waals surface area contributed by atoms with E-state index in [-0.39, 0.29) is 0 Å². The minimum Gasteiger partial charge on any atom is -0.513 e. The van der Waals surface area contributed by atoms with Crippen molar-refractivity contribution in [3.8, 4) is 0 Å². The van der Waals surface area contributed by atoms with Crippen molar-refractivity contribution in [3.63, 3.8) is 0 Å². The molecule has 0 aliphatic heterocycles. The first-order valence-electron chi connectivity index (χ1n) is 6.39. The highest BCUT2D eigenvalue weighted by atomic mass is 16.3. The summed E-state index contributed by atoms with van der Waals surface area (Å²) in [6, 6.07) is 0. The number of rotatable bonds is 6. The van der Waals surface area contributed by atoms with Crippen LogP contribution in [0.1, 0.15) is 64.7 Å². The summed E-state index contributed by atoms with van der Waals surface area (Å²) < 4.78 is 0. The molecule has 86 valence electrons. The molecule has 0 amide bonds. The maximum Gasteiger partial charge on any atom is 0.0882 e. The van der Waals surface area contributed by atoms with Gasteiger partial charge < -0.3 is 5.11 Å². The van der Waals surface area contributed by atoms with Crippen molar-refractivity contribution in [2.75, 3.05) is 0 Å². The molecule has 0 unspecified atom stereocenters. The maximum absolute atomic E-state index is 9.43. The van der Waals surface area contributed by atoms with Crippen LogP contribution in [0.15, 0.2) is 23.5 Å². The van der Waals surface area contributed by atoms with Crippen molar-refractivity contribution in [1.82, 2.24) is 0 Å². The molecule has 1 aliphatic carbocycles. The van der Waals surface area contributed by atoms with Gasteiger partial charge in [-0.15, -0.1) is 0 Å². The molecule has 1 nitrogen and oxygen atoms in total. The summed E-state index contributed by atoms with van der Waals surface area (Å²) in [6.07, 6.45) is 15.1. The predicted octanol–water partition coefficient (Wildman–Crippen LogP) is 4.90. The summed E-state index contributed by atoms with van der Waals surface area (Å²) >= 11 is 0. The van der Waals surface area contributed by atoms with Crippen LogP contribution >= 0.6 is 0 Å². The lowest BCUT2D eigenvalue weighted by Gasteiger charge is -2.11. The van der Waals surface area contributed by atoms with Crippen LogP contribution in [0.5, 0.6) is 0 Å². The first-order chi connectivity index (χ1) is 7.33. The van der Waals surface area contributed by atoms with Crippen LogP contribution in [0.3, 0.4) is 0 Å². The van der Waals surface area contributed by atoms with Gasteiger partial charge in [0.1, 0.15) is 0 Å². The van der Waals surface area contributed by atoms with Crippen LogP contribution in [0, 0.1) is 0 Å². The quantitative estimate of drug-likeness (QED) is 0.374. The lowest BCUT2D eigenvalue weighted by molar-refractivity contribution is 0.383. The molecule has 0 atom stereocenters. The van der Waals surface area contributed by atoms with Gasteiger partial charge in [0.2, 0.25) is 0 Å². The van der Waals surface area contributed by atoms with Gasteiger partial charge in [-0.3, -0.25) is 0 Å². The Kier molecular flexibility index (Phi) is 6.22. The fourth-order valence-corrected chi connectivity index (χ4v) is 2.09. The topological polar surface area (TPSA) is 20.2 Å². The molecular formula is C14H24O. The van der Waals surface area contributed by atoms with Gasteiger partial charge in [-0.25, -0.2) is 0 Å². The van der Waals surface area contributed by atoms with Crippen LogP contribution in [0.2, 0.25) is 0 Å². The molecule has 1 aliphatic rings. The van der Waals surface area contributed by atoms with Crippen LogP contribution in [0.25, 0.3) is 0 Å². The third kappa shape index (κ3) is 5.66. The normalized spacial score (nSPS) is 17.7. The van der Waals surface area contributed by atoms with E-state index in [0.29, 0.717) is 5.76 Å². The summed E-state index contributed by atoms with van der Waals surface area (Å²) in [5.41, 5.74) is 1.64. The Labute approximate surface area is 93.9 Å². The largest absolute Gasteiger partial charge is 0.513 e. The maximum atomic E-state index is 9.43. The van der Waals surface area contributed by atoms with Gasteiger partial charge in [0.05, 0.1) is 5.76 Å². The van der Waals surface area contributed by atoms with Crippen LogP contribution in [-0.2, 0) is 0 Å². The molecule has 0 aromatic carbocycles. The predicted molar refractivity (Wildman–Crippen MR) is 66.0 cm³/mol. The summed E-state index contributed by atoms with van der Waals surface area (Å²) in [5.74, 6) is 0.579. The van der Waals surface area contributed by atoms with Gasteiger partial charge in [-0.05, 0) is 57.4 Å². The second kappa shape index (κ2) is 7.56. The average molecular weight is 208 g/mol. The van der Waals surface area contributed by atoms with Crippen molar-refractivity contribution in [1.29, 1.82) is 0 Å². The Balaban J connectivity index is 2.10. The summed E-state index contributed by atoms with van der Waals surface area (Å²) in [5, 5.41) is 9.43. The molecule has 1 heteroatoms. The number of hydrogen-bond donors (Lipinski definition) is 1. The third-order valence-corrected chi connectivity index (χ3v) is 2.97. The zero-order chi connectivity index (χ0) is 10.9. The monoisotopic (exact) mass is 208 g/mol. The highest BCUT2D eigenvalue weighted by Gasteiger charge is 2.02. The van der Waals surface area contributed by atoms with Crippen molar-refractivity contribution in [3.05, 3.63) is 23.5 Å². The third-order valence-electron chi connectivity index (χ3n) is 2.97. The Morgan fingerprint density at radius 1 is 1.47 bits per heavy atom. The Morgan fingerprint density at radius 2 is 2.33 bits per heavy atom. The van der Waals surface area contributed by atoms with E-state index in [1.807, 2.05) is 6.08 Å². The van der Waals surface area contributed by atoms with E-state index >= 15 is 0 Å². The fourth-order valence-electron chi connectivity index (χ4n) is 2.09. The van der Waals surface area contributed by atoms with E-state index in [0.717, 1.165) is 19.3 Å². The minimum atomic E-state index is 0.579. The molecule has 0 heterocycles. The molecule has 0 saturated carbocycles. The van der Waals surface area contributed by atoms with Gasteiger partial charge in [0.15, 0.2) is 0 Å². The molecule has 1 rings (SSSR count). The molecule has 0 saturated heterocycles. The van der Waals surface area contributed by atoms with Crippen molar-refractivity contribution >= 4 is 0 Å². The van der Waals surface area contributed by atoms with Gasteiger partial charge >= 0.3 is 0 Å². The lowest BCUT2D eigenvalue weighted by atomic mass is 9.95. The number of allylic oxidation sites excluding steroid dienone is 4. The zero-order valence-electron chi connectivity index (χ0n) is 9.97. The van der Waals surface area contributed by atoms with Crippen molar-refractivity contribution in [2.45, 2.75) is 64.7 Å². The molecule has 0 aromatic heterocycles. The number of unbranched alkanes of at least 4 members (excludes halogenated alkanes) is 1. The highest BCUT2D eigenvalue weighted by Crippen LogP contribution is 2.22. The SMILES string of the molecule is CCC/C(O)=C\CCCC1=CCCCC1. The Bertz CT molecular complexity index is 225. The molecule has 0 bridgehead atoms. The van der Waals surface area contributed by atoms with E-state index in [4.69, 9.17) is 0 Å². The summed E-state index contributed by atoms with van der Waals surface area (Å²) in [6.45, 7) is 2.09. The van der Waals surface area contributed by atoms with Gasteiger partial charge in [0.25, 0.3) is 0 Å². The lowest BCUT2D eigenvalue weighted by Crippen LogP contribution is -1.91. The van der Waals surface area contributed by atoms with Crippen molar-refractivity contribution < 1.29 is 5.11 Å². The van der Waals surface area contributed by atoms with E-state index in [9.17, 15) is 5.11 Å². The summed E-state index contributed by atoms with van der Waals surface area (Å²) in [4.78, 5) is 0. The van der Waals surface area contributed by atoms with E-state index < -0.39 is 0 Å². The minimum absolute atomic E-state index is 0.579.